The Morgan fingerprint density at radius 3 is 2.76 bits per heavy atom. The van der Waals surface area contributed by atoms with Gasteiger partial charge in [0.1, 0.15) is 6.33 Å². The Kier molecular flexibility index (Phi) is 2.42. The fourth-order valence-corrected chi connectivity index (χ4v) is 3.01. The smallest absolute Gasteiger partial charge is 0.223 e. The molecular formula is C12H18N4O. The maximum atomic E-state index is 12.1. The van der Waals surface area contributed by atoms with Crippen LogP contribution in [-0.4, -0.2) is 20.7 Å². The second-order valence-corrected chi connectivity index (χ2v) is 5.45. The zero-order valence-electron chi connectivity index (χ0n) is 10.3. The van der Waals surface area contributed by atoms with Gasteiger partial charge in [-0.05, 0) is 38.0 Å². The average Bonchev–Trinajstić information content (AvgIpc) is 2.74. The number of rotatable bonds is 3. The average molecular weight is 234 g/mol. The Labute approximate surface area is 101 Å². The zero-order chi connectivity index (χ0) is 12.0. The molecule has 1 amide bonds. The van der Waals surface area contributed by atoms with E-state index in [4.69, 9.17) is 0 Å². The van der Waals surface area contributed by atoms with Crippen molar-refractivity contribution >= 4 is 5.91 Å². The number of aryl methyl sites for hydroxylation is 1. The van der Waals surface area contributed by atoms with Crippen molar-refractivity contribution in [3.05, 3.63) is 12.2 Å². The first kappa shape index (κ1) is 10.7. The minimum absolute atomic E-state index is 0.0630. The molecule has 17 heavy (non-hydrogen) atoms. The molecule has 5 heteroatoms. The first-order chi connectivity index (χ1) is 8.15. The van der Waals surface area contributed by atoms with Crippen LogP contribution in [-0.2, 0) is 11.8 Å². The molecule has 92 valence electrons. The SMILES string of the molecule is CC(NC(=O)C1CC2CC2C1)c1nncn1C. The van der Waals surface area contributed by atoms with Gasteiger partial charge in [0.25, 0.3) is 0 Å². The normalized spacial score (nSPS) is 32.0. The van der Waals surface area contributed by atoms with E-state index in [1.54, 1.807) is 6.33 Å². The molecule has 2 aliphatic rings. The first-order valence-electron chi connectivity index (χ1n) is 6.29. The monoisotopic (exact) mass is 234 g/mol. The molecule has 3 atom stereocenters. The van der Waals surface area contributed by atoms with Crippen LogP contribution < -0.4 is 5.32 Å². The van der Waals surface area contributed by atoms with Crippen LogP contribution in [0.1, 0.15) is 38.1 Å². The highest BCUT2D eigenvalue weighted by molar-refractivity contribution is 5.79. The lowest BCUT2D eigenvalue weighted by Gasteiger charge is -2.17. The Balaban J connectivity index is 1.59. The topological polar surface area (TPSA) is 59.8 Å². The van der Waals surface area contributed by atoms with Crippen molar-refractivity contribution in [3.63, 3.8) is 0 Å². The second kappa shape index (κ2) is 3.82. The van der Waals surface area contributed by atoms with Crippen molar-refractivity contribution in [2.24, 2.45) is 24.8 Å². The van der Waals surface area contributed by atoms with Crippen molar-refractivity contribution < 1.29 is 4.79 Å². The minimum atomic E-state index is -0.0630. The van der Waals surface area contributed by atoms with Crippen molar-refractivity contribution in [3.8, 4) is 0 Å². The van der Waals surface area contributed by atoms with Gasteiger partial charge in [-0.25, -0.2) is 0 Å². The lowest BCUT2D eigenvalue weighted by atomic mass is 10.0. The van der Waals surface area contributed by atoms with E-state index < -0.39 is 0 Å². The van der Waals surface area contributed by atoms with Gasteiger partial charge in [-0.15, -0.1) is 10.2 Å². The number of carbonyl (C=O) groups is 1. The van der Waals surface area contributed by atoms with Crippen LogP contribution in [0.25, 0.3) is 0 Å². The van der Waals surface area contributed by atoms with Crippen molar-refractivity contribution in [1.29, 1.82) is 0 Å². The standard InChI is InChI=1S/C12H18N4O/c1-7(11-15-13-6-16(11)2)14-12(17)10-4-8-3-9(8)5-10/h6-10H,3-5H2,1-2H3,(H,14,17). The Morgan fingerprint density at radius 1 is 1.47 bits per heavy atom. The number of nitrogens with one attached hydrogen (secondary N) is 1. The highest BCUT2D eigenvalue weighted by Crippen LogP contribution is 2.54. The van der Waals surface area contributed by atoms with E-state index in [-0.39, 0.29) is 17.9 Å². The fraction of sp³-hybridized carbons (Fsp3) is 0.750. The zero-order valence-corrected chi connectivity index (χ0v) is 10.3. The van der Waals surface area contributed by atoms with Gasteiger partial charge in [0, 0.05) is 13.0 Å². The highest BCUT2D eigenvalue weighted by atomic mass is 16.2. The number of hydrogen-bond donors (Lipinski definition) is 1. The summed E-state index contributed by atoms with van der Waals surface area (Å²) in [7, 11) is 1.89. The van der Waals surface area contributed by atoms with E-state index in [0.29, 0.717) is 0 Å². The number of carbonyl (C=O) groups excluding carboxylic acids is 1. The molecule has 0 bridgehead atoms. The molecule has 1 heterocycles. The summed E-state index contributed by atoms with van der Waals surface area (Å²) in [4.78, 5) is 12.1. The predicted octanol–water partition coefficient (Wildman–Crippen LogP) is 1.04. The van der Waals surface area contributed by atoms with Crippen LogP contribution >= 0.6 is 0 Å². The summed E-state index contributed by atoms with van der Waals surface area (Å²) >= 11 is 0. The van der Waals surface area contributed by atoms with Crippen LogP contribution in [0.2, 0.25) is 0 Å². The number of fused-ring (bicyclic) bond motifs is 1. The molecule has 1 N–H and O–H groups in total. The van der Waals surface area contributed by atoms with E-state index in [9.17, 15) is 4.79 Å². The van der Waals surface area contributed by atoms with Crippen molar-refractivity contribution in [2.45, 2.75) is 32.2 Å². The molecule has 2 aliphatic carbocycles. The first-order valence-corrected chi connectivity index (χ1v) is 6.29. The molecule has 0 aliphatic heterocycles. The van der Waals surface area contributed by atoms with E-state index >= 15 is 0 Å². The van der Waals surface area contributed by atoms with E-state index in [0.717, 1.165) is 30.5 Å². The molecule has 0 spiro atoms. The summed E-state index contributed by atoms with van der Waals surface area (Å²) in [5.74, 6) is 2.91. The third kappa shape index (κ3) is 1.94. The molecule has 5 nitrogen and oxygen atoms in total. The van der Waals surface area contributed by atoms with Crippen LogP contribution in [0.15, 0.2) is 6.33 Å². The lowest BCUT2D eigenvalue weighted by Crippen LogP contribution is -2.33. The van der Waals surface area contributed by atoms with Gasteiger partial charge in [-0.3, -0.25) is 4.79 Å². The largest absolute Gasteiger partial charge is 0.346 e. The van der Waals surface area contributed by atoms with Crippen LogP contribution in [0, 0.1) is 17.8 Å². The summed E-state index contributed by atoms with van der Waals surface area (Å²) in [5.41, 5.74) is 0. The maximum absolute atomic E-state index is 12.1. The second-order valence-electron chi connectivity index (χ2n) is 5.45. The van der Waals surface area contributed by atoms with Gasteiger partial charge in [0.15, 0.2) is 5.82 Å². The summed E-state index contributed by atoms with van der Waals surface area (Å²) < 4.78 is 1.84. The Bertz CT molecular complexity index is 431. The molecule has 0 saturated heterocycles. The minimum Gasteiger partial charge on any atom is -0.346 e. The number of nitrogens with zero attached hydrogens (tertiary/aromatic N) is 3. The molecule has 0 aromatic carbocycles. The van der Waals surface area contributed by atoms with Crippen molar-refractivity contribution in [2.75, 3.05) is 0 Å². The van der Waals surface area contributed by atoms with Gasteiger partial charge in [-0.2, -0.15) is 0 Å². The third-order valence-electron chi connectivity index (χ3n) is 4.11. The molecule has 0 radical (unpaired) electrons. The number of aromatic nitrogens is 3. The third-order valence-corrected chi connectivity index (χ3v) is 4.11. The quantitative estimate of drug-likeness (QED) is 0.850. The molecule has 3 rings (SSSR count). The van der Waals surface area contributed by atoms with Crippen LogP contribution in [0.3, 0.4) is 0 Å². The molecule has 3 unspecified atom stereocenters. The van der Waals surface area contributed by atoms with E-state index in [1.165, 1.54) is 6.42 Å². The van der Waals surface area contributed by atoms with E-state index in [1.807, 2.05) is 18.5 Å². The summed E-state index contributed by atoms with van der Waals surface area (Å²) in [6.45, 7) is 1.96. The molecule has 2 saturated carbocycles. The molecule has 1 aromatic rings. The van der Waals surface area contributed by atoms with Crippen LogP contribution in [0.4, 0.5) is 0 Å². The summed E-state index contributed by atoms with van der Waals surface area (Å²) in [6.07, 6.45) is 5.18. The Hall–Kier alpha value is -1.39. The van der Waals surface area contributed by atoms with Crippen molar-refractivity contribution in [1.82, 2.24) is 20.1 Å². The van der Waals surface area contributed by atoms with Gasteiger partial charge < -0.3 is 9.88 Å². The highest BCUT2D eigenvalue weighted by Gasteiger charge is 2.48. The number of hydrogen-bond acceptors (Lipinski definition) is 3. The lowest BCUT2D eigenvalue weighted by molar-refractivity contribution is -0.125. The number of amides is 1. The van der Waals surface area contributed by atoms with Gasteiger partial charge in [0.2, 0.25) is 5.91 Å². The molecule has 2 fully saturated rings. The summed E-state index contributed by atoms with van der Waals surface area (Å²) in [6, 6.07) is -0.0630. The summed E-state index contributed by atoms with van der Waals surface area (Å²) in [5, 5.41) is 10.9. The van der Waals surface area contributed by atoms with Gasteiger partial charge in [-0.1, -0.05) is 0 Å². The molecular weight excluding hydrogens is 216 g/mol. The maximum Gasteiger partial charge on any atom is 0.223 e. The predicted molar refractivity (Wildman–Crippen MR) is 61.9 cm³/mol. The fourth-order valence-electron chi connectivity index (χ4n) is 3.01. The van der Waals surface area contributed by atoms with Gasteiger partial charge >= 0.3 is 0 Å². The Morgan fingerprint density at radius 2 is 2.18 bits per heavy atom. The van der Waals surface area contributed by atoms with E-state index in [2.05, 4.69) is 15.5 Å². The van der Waals surface area contributed by atoms with Gasteiger partial charge in [0.05, 0.1) is 6.04 Å². The molecule has 1 aromatic heterocycles. The van der Waals surface area contributed by atoms with Crippen LogP contribution in [0.5, 0.6) is 0 Å².